The molecule has 0 aromatic carbocycles. The van der Waals surface area contributed by atoms with Gasteiger partial charge >= 0.3 is 0 Å². The van der Waals surface area contributed by atoms with Gasteiger partial charge in [0.05, 0.1) is 5.69 Å². The van der Waals surface area contributed by atoms with Crippen molar-refractivity contribution >= 4 is 0 Å². The molecule has 1 rings (SSSR count). The molecule has 0 aliphatic carbocycles. The van der Waals surface area contributed by atoms with Gasteiger partial charge in [-0.25, -0.2) is 0 Å². The Kier molecular flexibility index (Phi) is 5.69. The van der Waals surface area contributed by atoms with Gasteiger partial charge in [-0.2, -0.15) is 5.10 Å². The highest BCUT2D eigenvalue weighted by molar-refractivity contribution is 5.22. The Hall–Kier alpha value is -0.830. The van der Waals surface area contributed by atoms with Gasteiger partial charge in [-0.05, 0) is 25.3 Å². The van der Waals surface area contributed by atoms with E-state index < -0.39 is 0 Å². The van der Waals surface area contributed by atoms with E-state index in [4.69, 9.17) is 0 Å². The standard InChI is InChI=1S/C14H27N3/c1-6-9-11(4)14(15-8-3)12-10-17(5)16-13(12)7-2/h10-11,14-15H,6-9H2,1-5H3. The van der Waals surface area contributed by atoms with E-state index in [0.717, 1.165) is 13.0 Å². The van der Waals surface area contributed by atoms with E-state index >= 15 is 0 Å². The molecule has 0 spiro atoms. The van der Waals surface area contributed by atoms with Gasteiger partial charge in [0, 0.05) is 24.8 Å². The summed E-state index contributed by atoms with van der Waals surface area (Å²) in [5.74, 6) is 0.662. The molecular weight excluding hydrogens is 210 g/mol. The van der Waals surface area contributed by atoms with Crippen LogP contribution in [-0.4, -0.2) is 16.3 Å². The van der Waals surface area contributed by atoms with Crippen LogP contribution in [0.5, 0.6) is 0 Å². The van der Waals surface area contributed by atoms with Crippen LogP contribution in [0.3, 0.4) is 0 Å². The first kappa shape index (κ1) is 14.2. The summed E-state index contributed by atoms with van der Waals surface area (Å²) < 4.78 is 1.94. The van der Waals surface area contributed by atoms with Crippen molar-refractivity contribution in [3.8, 4) is 0 Å². The fourth-order valence-electron chi connectivity index (χ4n) is 2.55. The predicted molar refractivity (Wildman–Crippen MR) is 73.1 cm³/mol. The Labute approximate surface area is 106 Å². The lowest BCUT2D eigenvalue weighted by atomic mass is 9.90. The minimum atomic E-state index is 0.448. The van der Waals surface area contributed by atoms with E-state index in [-0.39, 0.29) is 0 Å². The highest BCUT2D eigenvalue weighted by Gasteiger charge is 2.22. The smallest absolute Gasteiger partial charge is 0.0669 e. The maximum absolute atomic E-state index is 4.55. The van der Waals surface area contributed by atoms with Gasteiger partial charge in [-0.15, -0.1) is 0 Å². The molecule has 0 fully saturated rings. The van der Waals surface area contributed by atoms with Crippen LogP contribution in [0, 0.1) is 5.92 Å². The largest absolute Gasteiger partial charge is 0.310 e. The Bertz CT molecular complexity index is 330. The summed E-state index contributed by atoms with van der Waals surface area (Å²) in [4.78, 5) is 0. The summed E-state index contributed by atoms with van der Waals surface area (Å²) in [5, 5.41) is 8.17. The first-order chi connectivity index (χ1) is 8.13. The molecule has 1 N–H and O–H groups in total. The third kappa shape index (κ3) is 3.56. The molecule has 1 aromatic heterocycles. The molecule has 98 valence electrons. The highest BCUT2D eigenvalue weighted by atomic mass is 15.3. The van der Waals surface area contributed by atoms with Crippen molar-refractivity contribution < 1.29 is 0 Å². The summed E-state index contributed by atoms with van der Waals surface area (Å²) >= 11 is 0. The molecule has 0 bridgehead atoms. The second-order valence-electron chi connectivity index (χ2n) is 4.86. The predicted octanol–water partition coefficient (Wildman–Crippen LogP) is 3.07. The van der Waals surface area contributed by atoms with Crippen LogP contribution in [0.25, 0.3) is 0 Å². The van der Waals surface area contributed by atoms with Gasteiger partial charge < -0.3 is 5.32 Å². The first-order valence-electron chi connectivity index (χ1n) is 6.89. The van der Waals surface area contributed by atoms with Crippen LogP contribution >= 0.6 is 0 Å². The van der Waals surface area contributed by atoms with Gasteiger partial charge in [0.2, 0.25) is 0 Å². The van der Waals surface area contributed by atoms with Crippen LogP contribution in [0.2, 0.25) is 0 Å². The molecule has 0 radical (unpaired) electrons. The SMILES string of the molecule is CCCC(C)C(NCC)c1cn(C)nc1CC. The summed E-state index contributed by atoms with van der Waals surface area (Å²) in [6.45, 7) is 9.95. The molecule has 3 heteroatoms. The fraction of sp³-hybridized carbons (Fsp3) is 0.786. The normalized spacial score (nSPS) is 14.9. The molecule has 0 aliphatic heterocycles. The zero-order valence-electron chi connectivity index (χ0n) is 12.0. The van der Waals surface area contributed by atoms with Gasteiger partial charge in [0.25, 0.3) is 0 Å². The molecule has 0 saturated heterocycles. The molecule has 2 atom stereocenters. The fourth-order valence-corrected chi connectivity index (χ4v) is 2.55. The molecule has 0 saturated carbocycles. The summed E-state index contributed by atoms with van der Waals surface area (Å²) in [6, 6.07) is 0.448. The average Bonchev–Trinajstić information content (AvgIpc) is 2.67. The van der Waals surface area contributed by atoms with E-state index in [9.17, 15) is 0 Å². The zero-order chi connectivity index (χ0) is 12.8. The molecule has 0 amide bonds. The lowest BCUT2D eigenvalue weighted by Gasteiger charge is -2.24. The first-order valence-corrected chi connectivity index (χ1v) is 6.89. The monoisotopic (exact) mass is 237 g/mol. The minimum Gasteiger partial charge on any atom is -0.310 e. The van der Waals surface area contributed by atoms with Crippen LogP contribution < -0.4 is 5.32 Å². The molecule has 1 heterocycles. The Morgan fingerprint density at radius 1 is 1.35 bits per heavy atom. The number of nitrogens with zero attached hydrogens (tertiary/aromatic N) is 2. The van der Waals surface area contributed by atoms with E-state index in [0.29, 0.717) is 12.0 Å². The summed E-state index contributed by atoms with van der Waals surface area (Å²) in [6.07, 6.45) is 5.69. The maximum atomic E-state index is 4.55. The second kappa shape index (κ2) is 6.80. The maximum Gasteiger partial charge on any atom is 0.0669 e. The molecule has 3 nitrogen and oxygen atoms in total. The lowest BCUT2D eigenvalue weighted by Crippen LogP contribution is -2.27. The van der Waals surface area contributed by atoms with E-state index in [1.54, 1.807) is 0 Å². The van der Waals surface area contributed by atoms with Gasteiger partial charge in [0.1, 0.15) is 0 Å². The number of aromatic nitrogens is 2. The number of hydrogen-bond donors (Lipinski definition) is 1. The van der Waals surface area contributed by atoms with Crippen LogP contribution in [0.1, 0.15) is 57.8 Å². The summed E-state index contributed by atoms with van der Waals surface area (Å²) in [7, 11) is 2.01. The number of aryl methyl sites for hydroxylation is 2. The highest BCUT2D eigenvalue weighted by Crippen LogP contribution is 2.27. The van der Waals surface area contributed by atoms with Gasteiger partial charge in [-0.1, -0.05) is 34.1 Å². The van der Waals surface area contributed by atoms with Crippen LogP contribution in [0.4, 0.5) is 0 Å². The quantitative estimate of drug-likeness (QED) is 0.790. The number of rotatable bonds is 7. The van der Waals surface area contributed by atoms with E-state index in [1.807, 2.05) is 11.7 Å². The lowest BCUT2D eigenvalue weighted by molar-refractivity contribution is 0.367. The summed E-state index contributed by atoms with van der Waals surface area (Å²) in [5.41, 5.74) is 2.62. The molecule has 2 unspecified atom stereocenters. The molecule has 0 aliphatic rings. The number of nitrogens with one attached hydrogen (secondary N) is 1. The van der Waals surface area contributed by atoms with Crippen molar-refractivity contribution in [3.05, 3.63) is 17.5 Å². The van der Waals surface area contributed by atoms with Crippen molar-refractivity contribution in [2.45, 2.75) is 53.0 Å². The van der Waals surface area contributed by atoms with Crippen molar-refractivity contribution in [2.75, 3.05) is 6.54 Å². The van der Waals surface area contributed by atoms with Crippen LogP contribution in [-0.2, 0) is 13.5 Å². The molecule has 17 heavy (non-hydrogen) atoms. The van der Waals surface area contributed by atoms with E-state index in [2.05, 4.69) is 44.3 Å². The third-order valence-electron chi connectivity index (χ3n) is 3.34. The number of hydrogen-bond acceptors (Lipinski definition) is 2. The van der Waals surface area contributed by atoms with E-state index in [1.165, 1.54) is 24.1 Å². The average molecular weight is 237 g/mol. The zero-order valence-corrected chi connectivity index (χ0v) is 12.0. The van der Waals surface area contributed by atoms with Crippen LogP contribution in [0.15, 0.2) is 6.20 Å². The molecule has 1 aromatic rings. The Morgan fingerprint density at radius 2 is 2.06 bits per heavy atom. The molecular formula is C14H27N3. The van der Waals surface area contributed by atoms with Crippen molar-refractivity contribution in [1.82, 2.24) is 15.1 Å². The van der Waals surface area contributed by atoms with Crippen molar-refractivity contribution in [1.29, 1.82) is 0 Å². The van der Waals surface area contributed by atoms with Crippen molar-refractivity contribution in [3.63, 3.8) is 0 Å². The van der Waals surface area contributed by atoms with Gasteiger partial charge in [-0.3, -0.25) is 4.68 Å². The van der Waals surface area contributed by atoms with Gasteiger partial charge in [0.15, 0.2) is 0 Å². The third-order valence-corrected chi connectivity index (χ3v) is 3.34. The Morgan fingerprint density at radius 3 is 2.59 bits per heavy atom. The van der Waals surface area contributed by atoms with Crippen molar-refractivity contribution in [2.24, 2.45) is 13.0 Å². The minimum absolute atomic E-state index is 0.448. The second-order valence-corrected chi connectivity index (χ2v) is 4.86. The topological polar surface area (TPSA) is 29.9 Å². The Balaban J connectivity index is 2.95.